The van der Waals surface area contributed by atoms with E-state index in [2.05, 4.69) is 10.6 Å². The van der Waals surface area contributed by atoms with Crippen LogP contribution in [0, 0.1) is 5.41 Å². The molecule has 8 nitrogen and oxygen atoms in total. The smallest absolute Gasteiger partial charge is 0.407 e. The summed E-state index contributed by atoms with van der Waals surface area (Å²) in [6, 6.07) is -0.344. The number of nitrogens with one attached hydrogen (secondary N) is 2. The zero-order chi connectivity index (χ0) is 20.6. The molecule has 0 aliphatic heterocycles. The Balaban J connectivity index is 4.43. The average molecular weight is 395 g/mol. The maximum absolute atomic E-state index is 11.6. The first-order valence-electron chi connectivity index (χ1n) is 8.79. The molecule has 1 unspecified atom stereocenters. The summed E-state index contributed by atoms with van der Waals surface area (Å²) in [5, 5.41) is 5.44. The van der Waals surface area contributed by atoms with Crippen LogP contribution in [-0.2, 0) is 19.6 Å². The monoisotopic (exact) mass is 394 g/mol. The highest BCUT2D eigenvalue weighted by molar-refractivity contribution is 7.85. The molecule has 0 heterocycles. The summed E-state index contributed by atoms with van der Waals surface area (Å²) < 4.78 is 36.0. The van der Waals surface area contributed by atoms with Crippen LogP contribution in [0.1, 0.15) is 67.2 Å². The van der Waals surface area contributed by atoms with Gasteiger partial charge in [0.2, 0.25) is 5.91 Å². The lowest BCUT2D eigenvalue weighted by atomic mass is 9.81. The molecule has 0 aromatic carbocycles. The van der Waals surface area contributed by atoms with Gasteiger partial charge in [-0.3, -0.25) is 9.35 Å². The molecule has 3 N–H and O–H groups in total. The van der Waals surface area contributed by atoms with Gasteiger partial charge >= 0.3 is 6.09 Å². The van der Waals surface area contributed by atoms with Gasteiger partial charge in [-0.25, -0.2) is 4.79 Å². The van der Waals surface area contributed by atoms with Crippen molar-refractivity contribution >= 4 is 22.1 Å². The molecule has 0 bridgehead atoms. The third-order valence-corrected chi connectivity index (χ3v) is 4.38. The fraction of sp³-hybridized carbons (Fsp3) is 0.882. The van der Waals surface area contributed by atoms with Crippen molar-refractivity contribution in [3.8, 4) is 0 Å². The number of ether oxygens (including phenoxy) is 1. The van der Waals surface area contributed by atoms with Crippen LogP contribution in [0.15, 0.2) is 0 Å². The van der Waals surface area contributed by atoms with Crippen LogP contribution in [0.2, 0.25) is 0 Å². The van der Waals surface area contributed by atoms with Gasteiger partial charge in [-0.2, -0.15) is 8.42 Å². The molecular weight excluding hydrogens is 360 g/mol. The van der Waals surface area contributed by atoms with E-state index in [1.54, 1.807) is 20.8 Å². The first-order valence-corrected chi connectivity index (χ1v) is 10.4. The second-order valence-electron chi connectivity index (χ2n) is 8.37. The Kier molecular flexibility index (Phi) is 9.58. The van der Waals surface area contributed by atoms with Crippen molar-refractivity contribution in [3.63, 3.8) is 0 Å². The summed E-state index contributed by atoms with van der Waals surface area (Å²) in [4.78, 5) is 22.9. The van der Waals surface area contributed by atoms with Gasteiger partial charge in [0.25, 0.3) is 10.1 Å². The Hall–Kier alpha value is -1.35. The van der Waals surface area contributed by atoms with Crippen molar-refractivity contribution in [2.24, 2.45) is 5.41 Å². The maximum Gasteiger partial charge on any atom is 0.407 e. The zero-order valence-electron chi connectivity index (χ0n) is 16.7. The number of rotatable bonds is 10. The largest absolute Gasteiger partial charge is 0.444 e. The molecule has 1 atom stereocenters. The molecule has 9 heteroatoms. The second kappa shape index (κ2) is 10.1. The minimum Gasteiger partial charge on any atom is -0.444 e. The van der Waals surface area contributed by atoms with Gasteiger partial charge < -0.3 is 15.4 Å². The molecular formula is C17H34N2O6S. The van der Waals surface area contributed by atoms with Crippen LogP contribution in [-0.4, -0.2) is 48.9 Å². The van der Waals surface area contributed by atoms with Crippen LogP contribution in [0.5, 0.6) is 0 Å². The lowest BCUT2D eigenvalue weighted by Gasteiger charge is -2.30. The van der Waals surface area contributed by atoms with Crippen molar-refractivity contribution in [2.75, 3.05) is 12.3 Å². The van der Waals surface area contributed by atoms with Crippen LogP contribution in [0.3, 0.4) is 0 Å². The third kappa shape index (κ3) is 14.9. The van der Waals surface area contributed by atoms with Crippen molar-refractivity contribution in [1.29, 1.82) is 0 Å². The standard InChI is InChI=1S/C17H34N2O6S/c1-13(20)19-14(8-11-26(22,23)24)12-17(5,6)9-7-10-18-15(21)25-16(2,3)4/h14H,7-12H2,1-6H3,(H,18,21)(H,19,20)(H,22,23,24). The molecule has 0 aliphatic rings. The normalized spacial score (nSPS) is 13.8. The minimum absolute atomic E-state index is 0.151. The topological polar surface area (TPSA) is 122 Å². The van der Waals surface area contributed by atoms with E-state index >= 15 is 0 Å². The molecule has 2 amide bonds. The molecule has 26 heavy (non-hydrogen) atoms. The van der Waals surface area contributed by atoms with E-state index in [0.29, 0.717) is 13.0 Å². The Morgan fingerprint density at radius 1 is 1.15 bits per heavy atom. The highest BCUT2D eigenvalue weighted by Crippen LogP contribution is 2.29. The van der Waals surface area contributed by atoms with Crippen molar-refractivity contribution in [3.05, 3.63) is 0 Å². The number of carbonyl (C=O) groups excluding carboxylic acids is 2. The van der Waals surface area contributed by atoms with Crippen LogP contribution in [0.25, 0.3) is 0 Å². The Labute approximate surface area is 157 Å². The third-order valence-electron chi connectivity index (χ3n) is 3.63. The van der Waals surface area contributed by atoms with E-state index < -0.39 is 27.6 Å². The highest BCUT2D eigenvalue weighted by atomic mass is 32.2. The van der Waals surface area contributed by atoms with Crippen LogP contribution >= 0.6 is 0 Å². The molecule has 0 aromatic heterocycles. The van der Waals surface area contributed by atoms with Gasteiger partial charge in [0.05, 0.1) is 5.75 Å². The molecule has 0 aromatic rings. The summed E-state index contributed by atoms with van der Waals surface area (Å²) in [6.07, 6.45) is 1.74. The fourth-order valence-electron chi connectivity index (χ4n) is 2.64. The zero-order valence-corrected chi connectivity index (χ0v) is 17.5. The van der Waals surface area contributed by atoms with Gasteiger partial charge in [-0.05, 0) is 51.9 Å². The average Bonchev–Trinajstić information content (AvgIpc) is 2.37. The summed E-state index contributed by atoms with van der Waals surface area (Å²) in [5.74, 6) is -0.637. The van der Waals surface area contributed by atoms with E-state index in [4.69, 9.17) is 9.29 Å². The number of hydrogen-bond acceptors (Lipinski definition) is 5. The van der Waals surface area contributed by atoms with Crippen molar-refractivity contribution in [2.45, 2.75) is 78.9 Å². The summed E-state index contributed by atoms with van der Waals surface area (Å²) >= 11 is 0. The minimum atomic E-state index is -4.07. The van der Waals surface area contributed by atoms with Gasteiger partial charge in [-0.1, -0.05) is 13.8 Å². The Morgan fingerprint density at radius 2 is 1.73 bits per heavy atom. The molecule has 0 saturated heterocycles. The van der Waals surface area contributed by atoms with Crippen LogP contribution < -0.4 is 10.6 Å². The lowest BCUT2D eigenvalue weighted by Crippen LogP contribution is -2.38. The molecule has 0 radical (unpaired) electrons. The van der Waals surface area contributed by atoms with Gasteiger partial charge in [0.1, 0.15) is 5.60 Å². The predicted molar refractivity (Wildman–Crippen MR) is 101 cm³/mol. The molecule has 0 saturated carbocycles. The van der Waals surface area contributed by atoms with E-state index in [1.165, 1.54) is 6.92 Å². The Morgan fingerprint density at radius 3 is 2.19 bits per heavy atom. The number of alkyl carbamates (subject to hydrolysis) is 1. The molecule has 0 fully saturated rings. The van der Waals surface area contributed by atoms with E-state index in [9.17, 15) is 18.0 Å². The van der Waals surface area contributed by atoms with E-state index in [0.717, 1.165) is 12.8 Å². The van der Waals surface area contributed by atoms with Gasteiger partial charge in [-0.15, -0.1) is 0 Å². The fourth-order valence-corrected chi connectivity index (χ4v) is 3.23. The van der Waals surface area contributed by atoms with Gasteiger partial charge in [0.15, 0.2) is 0 Å². The van der Waals surface area contributed by atoms with Crippen molar-refractivity contribution < 1.29 is 27.3 Å². The van der Waals surface area contributed by atoms with Crippen molar-refractivity contribution in [1.82, 2.24) is 10.6 Å². The predicted octanol–water partition coefficient (Wildman–Crippen LogP) is 2.49. The first kappa shape index (κ1) is 24.7. The summed E-state index contributed by atoms with van der Waals surface area (Å²) in [5.41, 5.74) is -0.718. The first-order chi connectivity index (χ1) is 11.6. The summed E-state index contributed by atoms with van der Waals surface area (Å²) in [6.45, 7) is 11.3. The maximum atomic E-state index is 11.6. The quantitative estimate of drug-likeness (QED) is 0.386. The van der Waals surface area contributed by atoms with Gasteiger partial charge in [0, 0.05) is 19.5 Å². The second-order valence-corrected chi connectivity index (χ2v) is 9.94. The highest BCUT2D eigenvalue weighted by Gasteiger charge is 2.25. The SMILES string of the molecule is CC(=O)NC(CCS(=O)(=O)O)CC(C)(C)CCCNC(=O)OC(C)(C)C. The molecule has 154 valence electrons. The number of hydrogen-bond donors (Lipinski definition) is 3. The number of amides is 2. The van der Waals surface area contributed by atoms with E-state index in [1.807, 2.05) is 13.8 Å². The molecule has 0 aliphatic carbocycles. The molecule has 0 rings (SSSR count). The lowest BCUT2D eigenvalue weighted by molar-refractivity contribution is -0.119. The van der Waals surface area contributed by atoms with E-state index in [-0.39, 0.29) is 23.8 Å². The number of carbonyl (C=O) groups is 2. The summed E-state index contributed by atoms with van der Waals surface area (Å²) in [7, 11) is -4.07. The van der Waals surface area contributed by atoms with Crippen LogP contribution in [0.4, 0.5) is 4.79 Å². The Bertz CT molecular complexity index is 566. The molecule has 0 spiro atoms.